The Labute approximate surface area is 111 Å². The van der Waals surface area contributed by atoms with Crippen LogP contribution in [0.25, 0.3) is 0 Å². The van der Waals surface area contributed by atoms with Crippen LogP contribution in [0, 0.1) is 0 Å². The second-order valence-corrected chi connectivity index (χ2v) is 5.85. The minimum Gasteiger partial charge on any atom is -0.392 e. The fourth-order valence-electron chi connectivity index (χ4n) is 2.84. The van der Waals surface area contributed by atoms with E-state index in [-0.39, 0.29) is 6.61 Å². The molecule has 100 valence electrons. The third-order valence-corrected chi connectivity index (χ3v) is 4.16. The van der Waals surface area contributed by atoms with Gasteiger partial charge in [0, 0.05) is 0 Å². The van der Waals surface area contributed by atoms with Crippen LogP contribution in [0.5, 0.6) is 0 Å². The summed E-state index contributed by atoms with van der Waals surface area (Å²) in [5, 5.41) is 9.60. The lowest BCUT2D eigenvalue weighted by Gasteiger charge is -2.30. The van der Waals surface area contributed by atoms with E-state index in [1.165, 1.54) is 37.1 Å². The summed E-state index contributed by atoms with van der Waals surface area (Å²) >= 11 is 0. The predicted molar refractivity (Wildman–Crippen MR) is 75.9 cm³/mol. The first-order chi connectivity index (χ1) is 8.61. The molecule has 0 spiro atoms. The fourth-order valence-corrected chi connectivity index (χ4v) is 2.84. The Morgan fingerprint density at radius 1 is 1.28 bits per heavy atom. The Morgan fingerprint density at radius 2 is 1.94 bits per heavy atom. The zero-order valence-corrected chi connectivity index (χ0v) is 11.8. The summed E-state index contributed by atoms with van der Waals surface area (Å²) in [6.45, 7) is 6.91. The maximum Gasteiger partial charge on any atom is 0.0684 e. The molecule has 1 fully saturated rings. The quantitative estimate of drug-likeness (QED) is 0.887. The van der Waals surface area contributed by atoms with Crippen LogP contribution in [0.15, 0.2) is 18.2 Å². The zero-order valence-electron chi connectivity index (χ0n) is 11.8. The predicted octanol–water partition coefficient (Wildman–Crippen LogP) is 3.11. The molecule has 18 heavy (non-hydrogen) atoms. The Hall–Kier alpha value is -0.860. The SMILES string of the molecule is CC(C)c1ccc(C2CCN(C)CC2)c(CO)c1. The number of hydrogen-bond donors (Lipinski definition) is 1. The molecule has 0 aromatic heterocycles. The van der Waals surface area contributed by atoms with E-state index in [1.807, 2.05) is 0 Å². The smallest absolute Gasteiger partial charge is 0.0684 e. The van der Waals surface area contributed by atoms with Crippen molar-refractivity contribution < 1.29 is 5.11 Å². The molecule has 0 saturated carbocycles. The molecular weight excluding hydrogens is 222 g/mol. The van der Waals surface area contributed by atoms with Crippen molar-refractivity contribution in [3.63, 3.8) is 0 Å². The van der Waals surface area contributed by atoms with Crippen molar-refractivity contribution in [1.29, 1.82) is 0 Å². The molecule has 1 aliphatic heterocycles. The van der Waals surface area contributed by atoms with Gasteiger partial charge in [0.05, 0.1) is 6.61 Å². The number of piperidine rings is 1. The van der Waals surface area contributed by atoms with Gasteiger partial charge in [-0.2, -0.15) is 0 Å². The average Bonchev–Trinajstić information content (AvgIpc) is 2.39. The summed E-state index contributed by atoms with van der Waals surface area (Å²) in [5.41, 5.74) is 3.83. The molecule has 0 radical (unpaired) electrons. The fraction of sp³-hybridized carbons (Fsp3) is 0.625. The van der Waals surface area contributed by atoms with Gasteiger partial charge in [-0.25, -0.2) is 0 Å². The van der Waals surface area contributed by atoms with E-state index in [2.05, 4.69) is 44.0 Å². The topological polar surface area (TPSA) is 23.5 Å². The second kappa shape index (κ2) is 5.85. The van der Waals surface area contributed by atoms with Crippen molar-refractivity contribution in [1.82, 2.24) is 4.90 Å². The maximum absolute atomic E-state index is 9.60. The molecule has 1 heterocycles. The molecule has 2 nitrogen and oxygen atoms in total. The van der Waals surface area contributed by atoms with Crippen LogP contribution >= 0.6 is 0 Å². The second-order valence-electron chi connectivity index (χ2n) is 5.85. The van der Waals surface area contributed by atoms with Crippen molar-refractivity contribution >= 4 is 0 Å². The summed E-state index contributed by atoms with van der Waals surface area (Å²) in [4.78, 5) is 2.39. The Kier molecular flexibility index (Phi) is 4.41. The van der Waals surface area contributed by atoms with Gasteiger partial charge in [-0.3, -0.25) is 0 Å². The van der Waals surface area contributed by atoms with Crippen molar-refractivity contribution in [3.05, 3.63) is 34.9 Å². The van der Waals surface area contributed by atoms with Crippen LogP contribution in [-0.2, 0) is 6.61 Å². The van der Waals surface area contributed by atoms with Gasteiger partial charge in [0.1, 0.15) is 0 Å². The summed E-state index contributed by atoms with van der Waals surface area (Å²) in [5.74, 6) is 1.16. The van der Waals surface area contributed by atoms with Crippen LogP contribution in [0.4, 0.5) is 0 Å². The maximum atomic E-state index is 9.60. The van der Waals surface area contributed by atoms with Gasteiger partial charge >= 0.3 is 0 Å². The van der Waals surface area contributed by atoms with Gasteiger partial charge < -0.3 is 10.0 Å². The zero-order chi connectivity index (χ0) is 13.1. The molecule has 1 N–H and O–H groups in total. The van der Waals surface area contributed by atoms with E-state index in [1.54, 1.807) is 0 Å². The highest BCUT2D eigenvalue weighted by Gasteiger charge is 2.20. The van der Waals surface area contributed by atoms with Gasteiger partial charge in [0.25, 0.3) is 0 Å². The monoisotopic (exact) mass is 247 g/mol. The molecule has 1 aromatic carbocycles. The summed E-state index contributed by atoms with van der Waals surface area (Å²) in [6, 6.07) is 6.67. The molecule has 0 bridgehead atoms. The lowest BCUT2D eigenvalue weighted by atomic mass is 9.85. The normalized spacial score (nSPS) is 18.5. The highest BCUT2D eigenvalue weighted by molar-refractivity contribution is 5.35. The van der Waals surface area contributed by atoms with Gasteiger partial charge in [-0.15, -0.1) is 0 Å². The molecule has 2 rings (SSSR count). The van der Waals surface area contributed by atoms with E-state index >= 15 is 0 Å². The summed E-state index contributed by atoms with van der Waals surface area (Å²) in [6.07, 6.45) is 2.43. The van der Waals surface area contributed by atoms with Crippen molar-refractivity contribution in [3.8, 4) is 0 Å². The van der Waals surface area contributed by atoms with Crippen LogP contribution in [-0.4, -0.2) is 30.1 Å². The van der Waals surface area contributed by atoms with E-state index in [0.717, 1.165) is 5.56 Å². The number of nitrogens with zero attached hydrogens (tertiary/aromatic N) is 1. The van der Waals surface area contributed by atoms with Gasteiger partial charge in [-0.1, -0.05) is 32.0 Å². The first kappa shape index (κ1) is 13.6. The van der Waals surface area contributed by atoms with Gasteiger partial charge in [0.2, 0.25) is 0 Å². The molecule has 2 heteroatoms. The molecule has 1 aliphatic rings. The van der Waals surface area contributed by atoms with Crippen LogP contribution in [0.1, 0.15) is 55.2 Å². The third-order valence-electron chi connectivity index (χ3n) is 4.16. The van der Waals surface area contributed by atoms with Crippen LogP contribution in [0.2, 0.25) is 0 Å². The Balaban J connectivity index is 2.22. The van der Waals surface area contributed by atoms with E-state index in [9.17, 15) is 5.11 Å². The largest absolute Gasteiger partial charge is 0.392 e. The number of aliphatic hydroxyl groups excluding tert-OH is 1. The molecule has 0 atom stereocenters. The van der Waals surface area contributed by atoms with E-state index in [4.69, 9.17) is 0 Å². The van der Waals surface area contributed by atoms with Gasteiger partial charge in [-0.05, 0) is 61.5 Å². The first-order valence-corrected chi connectivity index (χ1v) is 7.04. The molecule has 0 aliphatic carbocycles. The molecule has 1 aromatic rings. The number of aliphatic hydroxyl groups is 1. The van der Waals surface area contributed by atoms with Crippen molar-refractivity contribution in [2.24, 2.45) is 0 Å². The number of likely N-dealkylation sites (tertiary alicyclic amines) is 1. The lowest BCUT2D eigenvalue weighted by Crippen LogP contribution is -2.29. The number of rotatable bonds is 3. The van der Waals surface area contributed by atoms with Crippen molar-refractivity contribution in [2.45, 2.75) is 45.1 Å². The van der Waals surface area contributed by atoms with Crippen LogP contribution in [0.3, 0.4) is 0 Å². The standard InChI is InChI=1S/C16H25NO/c1-12(2)14-4-5-16(15(10-14)11-18)13-6-8-17(3)9-7-13/h4-5,10,12-13,18H,6-9,11H2,1-3H3. The molecule has 0 amide bonds. The minimum atomic E-state index is 0.169. The number of benzene rings is 1. The van der Waals surface area contributed by atoms with Crippen molar-refractivity contribution in [2.75, 3.05) is 20.1 Å². The van der Waals surface area contributed by atoms with E-state index in [0.29, 0.717) is 11.8 Å². The highest BCUT2D eigenvalue weighted by Crippen LogP contribution is 2.31. The third kappa shape index (κ3) is 2.93. The minimum absolute atomic E-state index is 0.169. The molecule has 0 unspecified atom stereocenters. The molecule has 1 saturated heterocycles. The molecular formula is C16H25NO. The van der Waals surface area contributed by atoms with Crippen LogP contribution < -0.4 is 0 Å². The lowest BCUT2D eigenvalue weighted by molar-refractivity contribution is 0.249. The van der Waals surface area contributed by atoms with Gasteiger partial charge in [0.15, 0.2) is 0 Å². The highest BCUT2D eigenvalue weighted by atomic mass is 16.3. The van der Waals surface area contributed by atoms with E-state index < -0.39 is 0 Å². The Bertz CT molecular complexity index is 392. The first-order valence-electron chi connectivity index (χ1n) is 7.04. The Morgan fingerprint density at radius 3 is 2.50 bits per heavy atom. The number of hydrogen-bond acceptors (Lipinski definition) is 2. The summed E-state index contributed by atoms with van der Waals surface area (Å²) < 4.78 is 0. The average molecular weight is 247 g/mol. The summed E-state index contributed by atoms with van der Waals surface area (Å²) in [7, 11) is 2.19.